The number of carbonyl (C=O) groups is 5. The van der Waals surface area contributed by atoms with Crippen molar-refractivity contribution in [1.82, 2.24) is 20.0 Å². The SMILES string of the molecule is CN(CC(=O)OC(C)(C)C)C(=O)[C@H](Cc1ccc(C(F)(F)F)cc1)N1CCNC(=O)C[C@H](N(C)C(=O)OCC2c3ccccc3-c3ccccc32)C1=O. The number of alkyl halides is 3. The summed E-state index contributed by atoms with van der Waals surface area (Å²) in [7, 11) is 2.68. The van der Waals surface area contributed by atoms with Crippen LogP contribution in [0.1, 0.15) is 55.4 Å². The first-order chi connectivity index (χ1) is 24.9. The number of halogens is 3. The van der Waals surface area contributed by atoms with Gasteiger partial charge in [-0.25, -0.2) is 4.79 Å². The second kappa shape index (κ2) is 15.7. The molecule has 0 aromatic heterocycles. The summed E-state index contributed by atoms with van der Waals surface area (Å²) in [4.78, 5) is 70.9. The summed E-state index contributed by atoms with van der Waals surface area (Å²) in [6, 6.07) is 17.0. The Bertz CT molecular complexity index is 1810. The van der Waals surface area contributed by atoms with Crippen LogP contribution in [-0.4, -0.2) is 103 Å². The van der Waals surface area contributed by atoms with Crippen LogP contribution in [0, 0.1) is 0 Å². The van der Waals surface area contributed by atoms with E-state index < -0.39 is 72.2 Å². The van der Waals surface area contributed by atoms with Gasteiger partial charge in [0.15, 0.2) is 0 Å². The van der Waals surface area contributed by atoms with Gasteiger partial charge in [-0.1, -0.05) is 60.7 Å². The summed E-state index contributed by atoms with van der Waals surface area (Å²) in [5.41, 5.74) is 2.60. The van der Waals surface area contributed by atoms with E-state index >= 15 is 0 Å². The molecule has 1 heterocycles. The lowest BCUT2D eigenvalue weighted by Gasteiger charge is -2.39. The van der Waals surface area contributed by atoms with Crippen LogP contribution in [0.4, 0.5) is 18.0 Å². The monoisotopic (exact) mass is 736 g/mol. The van der Waals surface area contributed by atoms with E-state index in [1.165, 1.54) is 31.1 Å². The largest absolute Gasteiger partial charge is 0.459 e. The van der Waals surface area contributed by atoms with Gasteiger partial charge < -0.3 is 24.6 Å². The Morgan fingerprint density at radius 2 is 1.49 bits per heavy atom. The second-order valence-electron chi connectivity index (χ2n) is 14.2. The van der Waals surface area contributed by atoms with E-state index in [2.05, 4.69) is 5.32 Å². The fraction of sp³-hybridized carbons (Fsp3) is 0.410. The number of likely N-dealkylation sites (N-methyl/N-ethyl adjacent to an activating group) is 2. The summed E-state index contributed by atoms with van der Waals surface area (Å²) >= 11 is 0. The molecule has 5 rings (SSSR count). The number of amides is 4. The third-order valence-corrected chi connectivity index (χ3v) is 9.25. The quantitative estimate of drug-likeness (QED) is 0.306. The fourth-order valence-corrected chi connectivity index (χ4v) is 6.67. The minimum absolute atomic E-state index is 0.0431. The summed E-state index contributed by atoms with van der Waals surface area (Å²) < 4.78 is 51.1. The number of nitrogens with zero attached hydrogens (tertiary/aromatic N) is 3. The lowest BCUT2D eigenvalue weighted by molar-refractivity contribution is -0.160. The van der Waals surface area contributed by atoms with Gasteiger partial charge in [0.1, 0.15) is 30.8 Å². The van der Waals surface area contributed by atoms with Crippen molar-refractivity contribution < 1.29 is 46.6 Å². The van der Waals surface area contributed by atoms with Crippen LogP contribution < -0.4 is 5.32 Å². The van der Waals surface area contributed by atoms with Crippen LogP contribution in [0.25, 0.3) is 11.1 Å². The Morgan fingerprint density at radius 1 is 0.906 bits per heavy atom. The zero-order chi connectivity index (χ0) is 38.7. The predicted octanol–water partition coefficient (Wildman–Crippen LogP) is 5.01. The number of nitrogens with one attached hydrogen (secondary N) is 1. The fourth-order valence-electron chi connectivity index (χ4n) is 6.67. The number of ether oxygens (including phenoxy) is 2. The molecule has 1 aliphatic heterocycles. The highest BCUT2D eigenvalue weighted by molar-refractivity contribution is 5.95. The molecular formula is C39H43F3N4O7. The van der Waals surface area contributed by atoms with Crippen molar-refractivity contribution in [3.8, 4) is 11.1 Å². The van der Waals surface area contributed by atoms with Gasteiger partial charge >= 0.3 is 18.2 Å². The first-order valence-corrected chi connectivity index (χ1v) is 17.2. The first-order valence-electron chi connectivity index (χ1n) is 17.2. The van der Waals surface area contributed by atoms with Crippen LogP contribution in [0.15, 0.2) is 72.8 Å². The molecule has 1 aliphatic carbocycles. The molecule has 1 N–H and O–H groups in total. The van der Waals surface area contributed by atoms with Crippen LogP contribution in [0.2, 0.25) is 0 Å². The molecule has 0 radical (unpaired) electrons. The Kier molecular flexibility index (Phi) is 11.5. The molecule has 0 bridgehead atoms. The maximum Gasteiger partial charge on any atom is 0.416 e. The average molecular weight is 737 g/mol. The second-order valence-corrected chi connectivity index (χ2v) is 14.2. The number of esters is 1. The molecule has 2 aliphatic rings. The number of rotatable bonds is 9. The van der Waals surface area contributed by atoms with Gasteiger partial charge in [-0.2, -0.15) is 13.2 Å². The van der Waals surface area contributed by atoms with Gasteiger partial charge in [-0.15, -0.1) is 0 Å². The van der Waals surface area contributed by atoms with E-state index in [-0.39, 0.29) is 32.0 Å². The first kappa shape index (κ1) is 38.8. The van der Waals surface area contributed by atoms with E-state index in [0.29, 0.717) is 5.56 Å². The zero-order valence-corrected chi connectivity index (χ0v) is 30.2. The summed E-state index contributed by atoms with van der Waals surface area (Å²) in [6.07, 6.45) is -6.12. The molecule has 1 fully saturated rings. The van der Waals surface area contributed by atoms with Crippen molar-refractivity contribution >= 4 is 29.8 Å². The maximum atomic E-state index is 14.4. The predicted molar refractivity (Wildman–Crippen MR) is 188 cm³/mol. The minimum Gasteiger partial charge on any atom is -0.459 e. The topological polar surface area (TPSA) is 126 Å². The number of benzene rings is 3. The molecule has 11 nitrogen and oxygen atoms in total. The average Bonchev–Trinajstić information content (AvgIpc) is 3.41. The third kappa shape index (κ3) is 9.16. The highest BCUT2D eigenvalue weighted by Crippen LogP contribution is 2.44. The van der Waals surface area contributed by atoms with Gasteiger partial charge in [-0.05, 0) is 60.7 Å². The van der Waals surface area contributed by atoms with Gasteiger partial charge in [0.05, 0.1) is 12.0 Å². The summed E-state index contributed by atoms with van der Waals surface area (Å²) in [5, 5.41) is 2.69. The molecular weight excluding hydrogens is 693 g/mol. The van der Waals surface area contributed by atoms with E-state index in [1.807, 2.05) is 48.5 Å². The highest BCUT2D eigenvalue weighted by Gasteiger charge is 2.41. The molecule has 0 saturated carbocycles. The number of fused-ring (bicyclic) bond motifs is 3. The van der Waals surface area contributed by atoms with Crippen molar-refractivity contribution in [1.29, 1.82) is 0 Å². The van der Waals surface area contributed by atoms with E-state index in [4.69, 9.17) is 9.47 Å². The minimum atomic E-state index is -4.59. The number of carbonyl (C=O) groups excluding carboxylic acids is 5. The summed E-state index contributed by atoms with van der Waals surface area (Å²) in [6.45, 7) is 4.27. The van der Waals surface area contributed by atoms with Crippen LogP contribution in [0.5, 0.6) is 0 Å². The van der Waals surface area contributed by atoms with Gasteiger partial charge in [-0.3, -0.25) is 24.1 Å². The molecule has 3 aromatic carbocycles. The Morgan fingerprint density at radius 3 is 2.06 bits per heavy atom. The van der Waals surface area contributed by atoms with Crippen molar-refractivity contribution in [3.63, 3.8) is 0 Å². The van der Waals surface area contributed by atoms with Crippen molar-refractivity contribution in [2.24, 2.45) is 0 Å². The van der Waals surface area contributed by atoms with E-state index in [0.717, 1.165) is 44.2 Å². The zero-order valence-electron chi connectivity index (χ0n) is 30.2. The lowest BCUT2D eigenvalue weighted by Crippen LogP contribution is -2.60. The molecule has 282 valence electrons. The van der Waals surface area contributed by atoms with Gasteiger partial charge in [0.25, 0.3) is 0 Å². The molecule has 4 amide bonds. The standard InChI is InChI=1S/C39H43F3N4O7/c1-38(2,3)53-34(48)22-44(4)35(49)32(20-24-14-16-25(17-15-24)39(40,41)42)46-19-18-43-33(47)21-31(36(46)50)45(5)37(51)52-23-30-28-12-8-6-10-26(28)27-11-7-9-13-29(27)30/h6-17,30-32H,18-23H2,1-5H3,(H,43,47)/t31-,32-/m0/s1. The Labute approximate surface area is 306 Å². The molecule has 53 heavy (non-hydrogen) atoms. The van der Waals surface area contributed by atoms with E-state index in [9.17, 15) is 37.1 Å². The number of hydrogen-bond acceptors (Lipinski definition) is 7. The molecule has 0 spiro atoms. The Hall–Kier alpha value is -5.40. The summed E-state index contributed by atoms with van der Waals surface area (Å²) in [5.74, 6) is -2.92. The van der Waals surface area contributed by atoms with Crippen molar-refractivity contribution in [3.05, 3.63) is 95.1 Å². The normalized spacial score (nSPS) is 16.8. The highest BCUT2D eigenvalue weighted by atomic mass is 19.4. The van der Waals surface area contributed by atoms with Crippen LogP contribution in [0.3, 0.4) is 0 Å². The van der Waals surface area contributed by atoms with Gasteiger partial charge in [0.2, 0.25) is 17.7 Å². The van der Waals surface area contributed by atoms with Crippen molar-refractivity contribution in [2.75, 3.05) is 40.3 Å². The maximum absolute atomic E-state index is 14.4. The molecule has 2 atom stereocenters. The Balaban J connectivity index is 1.40. The number of hydrogen-bond donors (Lipinski definition) is 1. The smallest absolute Gasteiger partial charge is 0.416 e. The molecule has 14 heteroatoms. The molecule has 0 unspecified atom stereocenters. The molecule has 3 aromatic rings. The third-order valence-electron chi connectivity index (χ3n) is 9.25. The molecule has 1 saturated heterocycles. The van der Waals surface area contributed by atoms with Crippen LogP contribution in [-0.2, 0) is 41.2 Å². The lowest BCUT2D eigenvalue weighted by atomic mass is 9.98. The van der Waals surface area contributed by atoms with E-state index in [1.54, 1.807) is 20.8 Å². The van der Waals surface area contributed by atoms with Crippen LogP contribution >= 0.6 is 0 Å². The van der Waals surface area contributed by atoms with Crippen molar-refractivity contribution in [2.45, 2.75) is 63.4 Å². The van der Waals surface area contributed by atoms with Gasteiger partial charge in [0, 0.05) is 39.5 Å².